The maximum atomic E-state index is 11.7. The second-order valence-electron chi connectivity index (χ2n) is 3.84. The van der Waals surface area contributed by atoms with Crippen LogP contribution in [0.15, 0.2) is 24.4 Å². The van der Waals surface area contributed by atoms with Crippen LogP contribution in [0.1, 0.15) is 28.9 Å². The van der Waals surface area contributed by atoms with Gasteiger partial charge in [-0.05, 0) is 32.9 Å². The van der Waals surface area contributed by atoms with E-state index in [0.29, 0.717) is 18.1 Å². The van der Waals surface area contributed by atoms with Crippen LogP contribution < -0.4 is 0 Å². The van der Waals surface area contributed by atoms with Crippen LogP contribution in [0.2, 0.25) is 0 Å². The predicted molar refractivity (Wildman–Crippen MR) is 66.8 cm³/mol. The van der Waals surface area contributed by atoms with Gasteiger partial charge in [0.05, 0.1) is 12.3 Å². The second-order valence-corrected chi connectivity index (χ2v) is 3.84. The molecule has 0 fully saturated rings. The number of imidazole rings is 1. The molecule has 0 bridgehead atoms. The highest BCUT2D eigenvalue weighted by Crippen LogP contribution is 2.16. The van der Waals surface area contributed by atoms with Crippen molar-refractivity contribution in [3.8, 4) is 5.82 Å². The van der Waals surface area contributed by atoms with Crippen molar-refractivity contribution in [2.24, 2.45) is 0 Å². The van der Waals surface area contributed by atoms with Crippen LogP contribution in [0.25, 0.3) is 5.82 Å². The molecule has 2 rings (SSSR count). The van der Waals surface area contributed by atoms with Gasteiger partial charge in [-0.3, -0.25) is 4.57 Å². The highest BCUT2D eigenvalue weighted by atomic mass is 16.5. The lowest BCUT2D eigenvalue weighted by molar-refractivity contribution is 0.0519. The van der Waals surface area contributed by atoms with Crippen LogP contribution in [-0.2, 0) is 4.74 Å². The lowest BCUT2D eigenvalue weighted by Crippen LogP contribution is -2.08. The summed E-state index contributed by atoms with van der Waals surface area (Å²) in [5.41, 5.74) is 1.09. The summed E-state index contributed by atoms with van der Waals surface area (Å²) >= 11 is 0. The Kier molecular flexibility index (Phi) is 3.41. The third kappa shape index (κ3) is 2.11. The molecule has 2 aromatic heterocycles. The Morgan fingerprint density at radius 3 is 2.78 bits per heavy atom. The average Bonchev–Trinajstić information content (AvgIpc) is 2.66. The molecule has 0 spiro atoms. The van der Waals surface area contributed by atoms with Gasteiger partial charge in [0, 0.05) is 6.20 Å². The van der Waals surface area contributed by atoms with E-state index < -0.39 is 5.97 Å². The van der Waals surface area contributed by atoms with E-state index in [4.69, 9.17) is 4.74 Å². The lowest BCUT2D eigenvalue weighted by Gasteiger charge is -2.06. The maximum Gasteiger partial charge on any atom is 0.358 e. The molecule has 0 aliphatic rings. The molecule has 18 heavy (non-hydrogen) atoms. The topological polar surface area (TPSA) is 57.0 Å². The third-order valence-corrected chi connectivity index (χ3v) is 2.62. The molecular formula is C13H15N3O2. The zero-order valence-electron chi connectivity index (χ0n) is 10.7. The molecule has 0 aliphatic carbocycles. The van der Waals surface area contributed by atoms with Gasteiger partial charge in [0.25, 0.3) is 0 Å². The molecule has 0 saturated heterocycles. The van der Waals surface area contributed by atoms with E-state index in [1.54, 1.807) is 13.1 Å². The molecule has 0 radical (unpaired) electrons. The quantitative estimate of drug-likeness (QED) is 0.777. The minimum absolute atomic E-state index is 0.341. The number of pyridine rings is 1. The molecular weight excluding hydrogens is 230 g/mol. The summed E-state index contributed by atoms with van der Waals surface area (Å²) in [5, 5.41) is 0. The highest BCUT2D eigenvalue weighted by Gasteiger charge is 2.19. The van der Waals surface area contributed by atoms with Crippen molar-refractivity contribution in [2.45, 2.75) is 20.8 Å². The summed E-state index contributed by atoms with van der Waals surface area (Å²) in [6.45, 7) is 5.79. The Bertz CT molecular complexity index is 561. The standard InChI is InChI=1S/C13H15N3O2/c1-4-18-13(17)12-9(2)16(10(3)15-12)11-7-5-6-8-14-11/h5-8H,4H2,1-3H3. The molecule has 0 saturated carbocycles. The zero-order valence-corrected chi connectivity index (χ0v) is 10.7. The van der Waals surface area contributed by atoms with E-state index in [9.17, 15) is 4.79 Å². The zero-order chi connectivity index (χ0) is 13.1. The highest BCUT2D eigenvalue weighted by molar-refractivity contribution is 5.88. The summed E-state index contributed by atoms with van der Waals surface area (Å²) in [5.74, 6) is 1.07. The van der Waals surface area contributed by atoms with E-state index in [0.717, 1.165) is 11.5 Å². The Morgan fingerprint density at radius 1 is 1.39 bits per heavy atom. The average molecular weight is 245 g/mol. The van der Waals surface area contributed by atoms with E-state index >= 15 is 0 Å². The van der Waals surface area contributed by atoms with Gasteiger partial charge in [0.1, 0.15) is 11.6 Å². The Hall–Kier alpha value is -2.17. The third-order valence-electron chi connectivity index (χ3n) is 2.62. The van der Waals surface area contributed by atoms with Crippen molar-refractivity contribution >= 4 is 5.97 Å². The van der Waals surface area contributed by atoms with Crippen LogP contribution in [-0.4, -0.2) is 27.1 Å². The number of hydrogen-bond acceptors (Lipinski definition) is 4. The minimum atomic E-state index is -0.396. The summed E-state index contributed by atoms with van der Waals surface area (Å²) in [6.07, 6.45) is 1.71. The fraction of sp³-hybridized carbons (Fsp3) is 0.308. The molecule has 94 valence electrons. The van der Waals surface area contributed by atoms with Crippen molar-refractivity contribution in [2.75, 3.05) is 6.61 Å². The summed E-state index contributed by atoms with van der Waals surface area (Å²) < 4.78 is 6.82. The Morgan fingerprint density at radius 2 is 2.17 bits per heavy atom. The number of carbonyl (C=O) groups excluding carboxylic acids is 1. The van der Waals surface area contributed by atoms with Crippen molar-refractivity contribution in [1.29, 1.82) is 0 Å². The Balaban J connectivity index is 2.48. The number of esters is 1. The van der Waals surface area contributed by atoms with Gasteiger partial charge in [-0.25, -0.2) is 14.8 Å². The summed E-state index contributed by atoms with van der Waals surface area (Å²) in [7, 11) is 0. The van der Waals surface area contributed by atoms with E-state index in [1.807, 2.05) is 36.6 Å². The number of ether oxygens (including phenoxy) is 1. The van der Waals surface area contributed by atoms with Crippen molar-refractivity contribution in [3.63, 3.8) is 0 Å². The number of nitrogens with zero attached hydrogens (tertiary/aromatic N) is 3. The number of rotatable bonds is 3. The number of carbonyl (C=O) groups is 1. The van der Waals surface area contributed by atoms with Gasteiger partial charge in [0.2, 0.25) is 0 Å². The summed E-state index contributed by atoms with van der Waals surface area (Å²) in [4.78, 5) is 20.3. The van der Waals surface area contributed by atoms with Crippen molar-refractivity contribution < 1.29 is 9.53 Å². The van der Waals surface area contributed by atoms with E-state index in [-0.39, 0.29) is 0 Å². The van der Waals surface area contributed by atoms with Gasteiger partial charge in [-0.2, -0.15) is 0 Å². The lowest BCUT2D eigenvalue weighted by atomic mass is 10.3. The molecule has 2 aromatic rings. The minimum Gasteiger partial charge on any atom is -0.461 e. The van der Waals surface area contributed by atoms with E-state index in [1.165, 1.54) is 0 Å². The van der Waals surface area contributed by atoms with Gasteiger partial charge in [0.15, 0.2) is 5.69 Å². The largest absolute Gasteiger partial charge is 0.461 e. The molecule has 5 nitrogen and oxygen atoms in total. The molecule has 0 N–H and O–H groups in total. The second kappa shape index (κ2) is 5.00. The number of hydrogen-bond donors (Lipinski definition) is 0. The van der Waals surface area contributed by atoms with E-state index in [2.05, 4.69) is 9.97 Å². The molecule has 0 aromatic carbocycles. The van der Waals surface area contributed by atoms with Gasteiger partial charge in [-0.1, -0.05) is 6.07 Å². The summed E-state index contributed by atoms with van der Waals surface area (Å²) in [6, 6.07) is 5.61. The van der Waals surface area contributed by atoms with Crippen LogP contribution >= 0.6 is 0 Å². The van der Waals surface area contributed by atoms with Crippen molar-refractivity contribution in [3.05, 3.63) is 41.6 Å². The first-order chi connectivity index (χ1) is 8.65. The fourth-order valence-electron chi connectivity index (χ4n) is 1.86. The van der Waals surface area contributed by atoms with Crippen LogP contribution in [0.4, 0.5) is 0 Å². The monoisotopic (exact) mass is 245 g/mol. The maximum absolute atomic E-state index is 11.7. The molecule has 0 amide bonds. The van der Waals surface area contributed by atoms with Crippen LogP contribution in [0, 0.1) is 13.8 Å². The van der Waals surface area contributed by atoms with Crippen molar-refractivity contribution in [1.82, 2.24) is 14.5 Å². The van der Waals surface area contributed by atoms with Gasteiger partial charge in [-0.15, -0.1) is 0 Å². The fourth-order valence-corrected chi connectivity index (χ4v) is 1.86. The van der Waals surface area contributed by atoms with Gasteiger partial charge < -0.3 is 4.74 Å². The van der Waals surface area contributed by atoms with Crippen LogP contribution in [0.3, 0.4) is 0 Å². The van der Waals surface area contributed by atoms with Gasteiger partial charge >= 0.3 is 5.97 Å². The first kappa shape index (κ1) is 12.3. The molecule has 0 atom stereocenters. The predicted octanol–water partition coefficient (Wildman–Crippen LogP) is 2.06. The molecule has 0 aliphatic heterocycles. The normalized spacial score (nSPS) is 10.4. The van der Waals surface area contributed by atoms with Crippen LogP contribution in [0.5, 0.6) is 0 Å². The Labute approximate surface area is 105 Å². The first-order valence-electron chi connectivity index (χ1n) is 5.79. The SMILES string of the molecule is CCOC(=O)c1nc(C)n(-c2ccccn2)c1C. The molecule has 5 heteroatoms. The smallest absolute Gasteiger partial charge is 0.358 e. The first-order valence-corrected chi connectivity index (χ1v) is 5.79. The molecule has 0 unspecified atom stereocenters. The number of aryl methyl sites for hydroxylation is 1. The number of aromatic nitrogens is 3. The molecule has 2 heterocycles.